The number of pyridine rings is 1. The van der Waals surface area contributed by atoms with Gasteiger partial charge in [0.05, 0.1) is 41.6 Å². The number of hydrogen-bond acceptors (Lipinski definition) is 6. The molecule has 0 unspecified atom stereocenters. The fourth-order valence-electron chi connectivity index (χ4n) is 3.15. The molecular formula is C23H16Br2N4O3. The predicted molar refractivity (Wildman–Crippen MR) is 129 cm³/mol. The third kappa shape index (κ3) is 4.84. The van der Waals surface area contributed by atoms with Crippen molar-refractivity contribution >= 4 is 54.8 Å². The first-order valence-corrected chi connectivity index (χ1v) is 11.1. The number of methoxy groups -OCH3 is 1. The van der Waals surface area contributed by atoms with Crippen LogP contribution in [0.4, 0.5) is 0 Å². The van der Waals surface area contributed by atoms with Gasteiger partial charge in [0.1, 0.15) is 6.54 Å². The lowest BCUT2D eigenvalue weighted by Crippen LogP contribution is -2.30. The van der Waals surface area contributed by atoms with Gasteiger partial charge < -0.3 is 4.74 Å². The molecule has 2 aromatic carbocycles. The molecule has 0 radical (unpaired) electrons. The van der Waals surface area contributed by atoms with Gasteiger partial charge >= 0.3 is 0 Å². The topological polar surface area (TPSA) is 86.4 Å². The number of aromatic nitrogens is 3. The first-order chi connectivity index (χ1) is 15.4. The van der Waals surface area contributed by atoms with Crippen molar-refractivity contribution in [2.24, 2.45) is 4.99 Å². The Morgan fingerprint density at radius 1 is 0.938 bits per heavy atom. The Kier molecular flexibility index (Phi) is 6.57. The minimum Gasteiger partial charge on any atom is -0.481 e. The van der Waals surface area contributed by atoms with Crippen LogP contribution >= 0.6 is 31.9 Å². The lowest BCUT2D eigenvalue weighted by molar-refractivity contribution is -0.112. The third-order valence-corrected chi connectivity index (χ3v) is 5.60. The van der Waals surface area contributed by atoms with E-state index in [0.717, 1.165) is 30.6 Å². The van der Waals surface area contributed by atoms with Gasteiger partial charge in [0.25, 0.3) is 5.56 Å². The lowest BCUT2D eigenvalue weighted by Gasteiger charge is -2.09. The maximum Gasteiger partial charge on any atom is 0.274 e. The predicted octanol–water partition coefficient (Wildman–Crippen LogP) is 2.98. The summed E-state index contributed by atoms with van der Waals surface area (Å²) >= 11 is 6.75. The van der Waals surface area contributed by atoms with Crippen molar-refractivity contribution in [1.82, 2.24) is 14.5 Å². The summed E-state index contributed by atoms with van der Waals surface area (Å²) in [6, 6.07) is 14.8. The minimum absolute atomic E-state index is 0.0700. The Morgan fingerprint density at radius 2 is 1.72 bits per heavy atom. The molecule has 2 aromatic heterocycles. The number of nitrogens with zero attached hydrogens (tertiary/aromatic N) is 4. The van der Waals surface area contributed by atoms with E-state index in [1.807, 2.05) is 36.4 Å². The summed E-state index contributed by atoms with van der Waals surface area (Å²) in [5.41, 5.74) is 1.92. The Bertz CT molecular complexity index is 1500. The van der Waals surface area contributed by atoms with Crippen molar-refractivity contribution < 1.29 is 9.53 Å². The number of halogens is 2. The van der Waals surface area contributed by atoms with Crippen molar-refractivity contribution in [3.05, 3.63) is 90.8 Å². The summed E-state index contributed by atoms with van der Waals surface area (Å²) < 4.78 is 8.45. The molecule has 1 aliphatic rings. The normalized spacial score (nSPS) is 12.2. The Hall–Kier alpha value is -3.17. The van der Waals surface area contributed by atoms with Gasteiger partial charge in [-0.15, -0.1) is 0 Å². The maximum absolute atomic E-state index is 12.1. The summed E-state index contributed by atoms with van der Waals surface area (Å²) in [4.78, 5) is 35.5. The zero-order chi connectivity index (χ0) is 22.7. The smallest absolute Gasteiger partial charge is 0.274 e. The van der Waals surface area contributed by atoms with E-state index in [4.69, 9.17) is 4.74 Å². The highest BCUT2D eigenvalue weighted by molar-refractivity contribution is 9.10. The second kappa shape index (κ2) is 9.54. The molecule has 0 saturated carbocycles. The summed E-state index contributed by atoms with van der Waals surface area (Å²) in [5, 5.41) is 1.80. The number of Topliss-reactive ketones (excluding diaryl/α,β-unsaturated/α-hetero) is 1. The Labute approximate surface area is 199 Å². The average Bonchev–Trinajstić information content (AvgIpc) is 2.79. The van der Waals surface area contributed by atoms with Crippen LogP contribution in [-0.4, -0.2) is 34.0 Å². The first-order valence-electron chi connectivity index (χ1n) is 9.47. The fraction of sp³-hybridized carbons (Fsp3) is 0.0870. The number of benzene rings is 2. The quantitative estimate of drug-likeness (QED) is 0.379. The molecule has 0 amide bonds. The summed E-state index contributed by atoms with van der Waals surface area (Å²) in [6.07, 6.45) is 4.54. The molecule has 0 bridgehead atoms. The fourth-order valence-corrected chi connectivity index (χ4v) is 3.87. The van der Waals surface area contributed by atoms with Crippen LogP contribution in [-0.2, 0) is 4.79 Å². The van der Waals surface area contributed by atoms with Gasteiger partial charge in [-0.3, -0.25) is 19.1 Å². The van der Waals surface area contributed by atoms with Gasteiger partial charge in [-0.05, 0) is 48.5 Å². The van der Waals surface area contributed by atoms with E-state index >= 15 is 0 Å². The zero-order valence-electron chi connectivity index (χ0n) is 16.8. The van der Waals surface area contributed by atoms with Gasteiger partial charge in [-0.2, -0.15) is 0 Å². The molecule has 5 rings (SSSR count). The molecule has 160 valence electrons. The van der Waals surface area contributed by atoms with E-state index in [1.54, 1.807) is 36.1 Å². The SMILES string of the molecule is COc1ccc(-n2c(=O)cnc3ccc(Br)cc32)cn1.O=C1C=c2cc(Br)ccc2=NC1. The molecule has 32 heavy (non-hydrogen) atoms. The summed E-state index contributed by atoms with van der Waals surface area (Å²) in [7, 11) is 1.55. The second-order valence-electron chi connectivity index (χ2n) is 6.75. The number of fused-ring (bicyclic) bond motifs is 2. The molecule has 0 fully saturated rings. The summed E-state index contributed by atoms with van der Waals surface area (Å²) in [6.45, 7) is 0.286. The van der Waals surface area contributed by atoms with E-state index in [-0.39, 0.29) is 17.9 Å². The average molecular weight is 556 g/mol. The zero-order valence-corrected chi connectivity index (χ0v) is 20.0. The number of carbonyl (C=O) groups is 1. The van der Waals surface area contributed by atoms with Gasteiger partial charge in [-0.1, -0.05) is 31.9 Å². The van der Waals surface area contributed by atoms with E-state index in [9.17, 15) is 9.59 Å². The van der Waals surface area contributed by atoms with Crippen molar-refractivity contribution in [2.75, 3.05) is 13.7 Å². The van der Waals surface area contributed by atoms with Crippen LogP contribution in [0.15, 0.2) is 79.7 Å². The first kappa shape index (κ1) is 22.0. The molecular weight excluding hydrogens is 540 g/mol. The van der Waals surface area contributed by atoms with Crippen LogP contribution in [0, 0.1) is 0 Å². The van der Waals surface area contributed by atoms with E-state index < -0.39 is 0 Å². The van der Waals surface area contributed by atoms with Crippen LogP contribution in [0.1, 0.15) is 0 Å². The third-order valence-electron chi connectivity index (χ3n) is 4.61. The highest BCUT2D eigenvalue weighted by Gasteiger charge is 2.08. The van der Waals surface area contributed by atoms with Crippen molar-refractivity contribution in [3.8, 4) is 11.6 Å². The van der Waals surface area contributed by atoms with Gasteiger partial charge in [0.15, 0.2) is 5.78 Å². The molecule has 7 nitrogen and oxygen atoms in total. The second-order valence-corrected chi connectivity index (χ2v) is 8.59. The molecule has 0 spiro atoms. The summed E-state index contributed by atoms with van der Waals surface area (Å²) in [5.74, 6) is 0.571. The number of ether oxygens (including phenoxy) is 1. The molecule has 0 saturated heterocycles. The Balaban J connectivity index is 0.000000174. The highest BCUT2D eigenvalue weighted by Crippen LogP contribution is 2.20. The van der Waals surface area contributed by atoms with Crippen LogP contribution < -0.4 is 20.9 Å². The molecule has 4 aromatic rings. The van der Waals surface area contributed by atoms with Crippen molar-refractivity contribution in [1.29, 1.82) is 0 Å². The highest BCUT2D eigenvalue weighted by atomic mass is 79.9. The van der Waals surface area contributed by atoms with E-state index in [0.29, 0.717) is 11.6 Å². The van der Waals surface area contributed by atoms with E-state index in [1.165, 1.54) is 6.20 Å². The molecule has 0 atom stereocenters. The molecule has 0 aliphatic carbocycles. The van der Waals surface area contributed by atoms with E-state index in [2.05, 4.69) is 46.8 Å². The van der Waals surface area contributed by atoms with Crippen LogP contribution in [0.25, 0.3) is 22.8 Å². The standard InChI is InChI=1S/C14H10BrN3O2.C9H6BrNO/c1-20-13-5-3-10(7-17-13)18-12-6-9(15)2-4-11(12)16-8-14(18)19;10-7-1-2-9-6(3-7)4-8(12)5-11-9/h2-8H,1H3;1-4H,5H2. The number of rotatable bonds is 2. The lowest BCUT2D eigenvalue weighted by atomic mass is 10.2. The molecule has 0 N–H and O–H groups in total. The van der Waals surface area contributed by atoms with Gasteiger partial charge in [0, 0.05) is 20.2 Å². The van der Waals surface area contributed by atoms with Crippen LogP contribution in [0.2, 0.25) is 0 Å². The van der Waals surface area contributed by atoms with Crippen LogP contribution in [0.5, 0.6) is 5.88 Å². The Morgan fingerprint density at radius 3 is 2.47 bits per heavy atom. The van der Waals surface area contributed by atoms with Gasteiger partial charge in [-0.25, -0.2) is 9.97 Å². The molecule has 1 aliphatic heterocycles. The van der Waals surface area contributed by atoms with Crippen molar-refractivity contribution in [2.45, 2.75) is 0 Å². The minimum atomic E-state index is -0.206. The largest absolute Gasteiger partial charge is 0.481 e. The van der Waals surface area contributed by atoms with Crippen LogP contribution in [0.3, 0.4) is 0 Å². The monoisotopic (exact) mass is 554 g/mol. The van der Waals surface area contributed by atoms with Gasteiger partial charge in [0.2, 0.25) is 5.88 Å². The molecule has 3 heterocycles. The van der Waals surface area contributed by atoms with Crippen molar-refractivity contribution in [3.63, 3.8) is 0 Å². The number of hydrogen-bond donors (Lipinski definition) is 0. The number of carbonyl (C=O) groups excluding carboxylic acids is 1. The molecule has 9 heteroatoms. The maximum atomic E-state index is 12.1. The number of ketones is 1.